The topological polar surface area (TPSA) is 134 Å². The summed E-state index contributed by atoms with van der Waals surface area (Å²) in [6.07, 6.45) is -0.762. The molecule has 0 saturated heterocycles. The second-order valence-corrected chi connectivity index (χ2v) is 5.24. The summed E-state index contributed by atoms with van der Waals surface area (Å²) in [5.74, 6) is 0.0160. The van der Waals surface area contributed by atoms with Gasteiger partial charge in [0.1, 0.15) is 0 Å². The third-order valence-corrected chi connectivity index (χ3v) is 3.03. The van der Waals surface area contributed by atoms with E-state index in [2.05, 4.69) is 9.46 Å². The van der Waals surface area contributed by atoms with E-state index in [0.717, 1.165) is 5.56 Å². The first kappa shape index (κ1) is 15.8. The molecule has 0 aliphatic rings. The van der Waals surface area contributed by atoms with Crippen molar-refractivity contribution in [1.29, 1.82) is 5.41 Å². The zero-order valence-corrected chi connectivity index (χ0v) is 11.7. The number of anilines is 1. The number of amides is 1. The molecule has 5 N–H and O–H groups in total. The van der Waals surface area contributed by atoms with Gasteiger partial charge in [-0.15, -0.1) is 0 Å². The zero-order chi connectivity index (χ0) is 15.2. The van der Waals surface area contributed by atoms with Crippen molar-refractivity contribution >= 4 is 27.8 Å². The van der Waals surface area contributed by atoms with Crippen LogP contribution in [0.3, 0.4) is 0 Å². The number of hydrogen-bond donors (Lipinski definition) is 4. The highest BCUT2D eigenvalue weighted by molar-refractivity contribution is 7.91. The maximum absolute atomic E-state index is 11.6. The van der Waals surface area contributed by atoms with E-state index in [1.807, 2.05) is 0 Å². The lowest BCUT2D eigenvalue weighted by atomic mass is 10.1. The lowest BCUT2D eigenvalue weighted by Crippen LogP contribution is -2.35. The minimum Gasteiger partial charge on any atom is -0.449 e. The summed E-state index contributed by atoms with van der Waals surface area (Å²) in [6.45, 7) is 1.63. The highest BCUT2D eigenvalue weighted by Crippen LogP contribution is 2.11. The van der Waals surface area contributed by atoms with Crippen LogP contribution in [0.1, 0.15) is 12.5 Å². The smallest absolute Gasteiger partial charge is 0.422 e. The Morgan fingerprint density at radius 3 is 2.45 bits per heavy atom. The summed E-state index contributed by atoms with van der Waals surface area (Å²) < 4.78 is 31.5. The summed E-state index contributed by atoms with van der Waals surface area (Å²) >= 11 is 0. The lowest BCUT2D eigenvalue weighted by molar-refractivity contribution is 0.159. The van der Waals surface area contributed by atoms with Crippen LogP contribution in [0, 0.1) is 5.41 Å². The molecule has 0 saturated carbocycles. The SMILES string of the molecule is CCOC(=O)NS(=O)(=O)Nc1ccc(CC(=N)N)cc1. The predicted molar refractivity (Wildman–Crippen MR) is 74.8 cm³/mol. The molecule has 0 bridgehead atoms. The van der Waals surface area contributed by atoms with E-state index in [1.165, 1.54) is 12.1 Å². The van der Waals surface area contributed by atoms with Crippen LogP contribution in [0.5, 0.6) is 0 Å². The van der Waals surface area contributed by atoms with Crippen LogP contribution in [0.2, 0.25) is 0 Å². The third kappa shape index (κ3) is 5.57. The summed E-state index contributed by atoms with van der Waals surface area (Å²) in [7, 11) is -4.03. The number of benzene rings is 1. The van der Waals surface area contributed by atoms with E-state index < -0.39 is 16.3 Å². The Balaban J connectivity index is 2.68. The molecule has 0 atom stereocenters. The molecule has 0 aliphatic heterocycles. The van der Waals surface area contributed by atoms with Gasteiger partial charge in [-0.1, -0.05) is 12.1 Å². The highest BCUT2D eigenvalue weighted by Gasteiger charge is 2.14. The fraction of sp³-hybridized carbons (Fsp3) is 0.273. The largest absolute Gasteiger partial charge is 0.449 e. The van der Waals surface area contributed by atoms with E-state index in [9.17, 15) is 13.2 Å². The van der Waals surface area contributed by atoms with Gasteiger partial charge in [-0.05, 0) is 24.6 Å². The fourth-order valence-corrected chi connectivity index (χ4v) is 2.14. The second-order valence-electron chi connectivity index (χ2n) is 3.83. The monoisotopic (exact) mass is 300 g/mol. The standard InChI is InChI=1S/C11H16N4O4S/c1-2-19-11(16)15-20(17,18)14-9-5-3-8(4-6-9)7-10(12)13/h3-6,14H,2,7H2,1H3,(H3,12,13)(H,15,16). The van der Waals surface area contributed by atoms with Crippen LogP contribution in [0.25, 0.3) is 0 Å². The highest BCUT2D eigenvalue weighted by atomic mass is 32.2. The van der Waals surface area contributed by atoms with Crippen LogP contribution in [-0.2, 0) is 21.4 Å². The molecule has 0 spiro atoms. The number of nitrogens with one attached hydrogen (secondary N) is 3. The van der Waals surface area contributed by atoms with Crippen molar-refractivity contribution in [3.05, 3.63) is 29.8 Å². The predicted octanol–water partition coefficient (Wildman–Crippen LogP) is 0.568. The van der Waals surface area contributed by atoms with Gasteiger partial charge in [-0.25, -0.2) is 9.52 Å². The number of amidine groups is 1. The van der Waals surface area contributed by atoms with Gasteiger partial charge in [-0.3, -0.25) is 10.1 Å². The molecule has 20 heavy (non-hydrogen) atoms. The van der Waals surface area contributed by atoms with Crippen molar-refractivity contribution < 1.29 is 17.9 Å². The van der Waals surface area contributed by atoms with Crippen molar-refractivity contribution in [2.75, 3.05) is 11.3 Å². The molecule has 0 aliphatic carbocycles. The first-order valence-electron chi connectivity index (χ1n) is 5.71. The third-order valence-electron chi connectivity index (χ3n) is 2.09. The molecule has 110 valence electrons. The zero-order valence-electron chi connectivity index (χ0n) is 10.8. The van der Waals surface area contributed by atoms with Gasteiger partial charge < -0.3 is 10.5 Å². The van der Waals surface area contributed by atoms with E-state index in [1.54, 1.807) is 23.8 Å². The Morgan fingerprint density at radius 1 is 1.35 bits per heavy atom. The first-order valence-corrected chi connectivity index (χ1v) is 7.20. The van der Waals surface area contributed by atoms with Crippen molar-refractivity contribution in [2.24, 2.45) is 5.73 Å². The summed E-state index contributed by atoms with van der Waals surface area (Å²) in [6, 6.07) is 6.26. The molecule has 0 fully saturated rings. The molecule has 1 aromatic carbocycles. The van der Waals surface area contributed by atoms with Gasteiger partial charge >= 0.3 is 16.3 Å². The van der Waals surface area contributed by atoms with Gasteiger partial charge in [0, 0.05) is 6.42 Å². The Hall–Kier alpha value is -2.29. The Kier molecular flexibility index (Phi) is 5.32. The molecule has 0 unspecified atom stereocenters. The van der Waals surface area contributed by atoms with Crippen molar-refractivity contribution in [3.8, 4) is 0 Å². The quantitative estimate of drug-likeness (QED) is 0.450. The van der Waals surface area contributed by atoms with Gasteiger partial charge in [-0.2, -0.15) is 8.42 Å². The molecule has 9 heteroatoms. The number of ether oxygens (including phenoxy) is 1. The van der Waals surface area contributed by atoms with Crippen molar-refractivity contribution in [1.82, 2.24) is 4.72 Å². The number of carbonyl (C=O) groups excluding carboxylic acids is 1. The van der Waals surface area contributed by atoms with E-state index in [4.69, 9.17) is 11.1 Å². The number of hydrogen-bond acceptors (Lipinski definition) is 5. The van der Waals surface area contributed by atoms with Gasteiger partial charge in [0.15, 0.2) is 0 Å². The maximum atomic E-state index is 11.6. The molecule has 8 nitrogen and oxygen atoms in total. The van der Waals surface area contributed by atoms with Crippen LogP contribution >= 0.6 is 0 Å². The lowest BCUT2D eigenvalue weighted by Gasteiger charge is -2.09. The van der Waals surface area contributed by atoms with Crippen molar-refractivity contribution in [3.63, 3.8) is 0 Å². The van der Waals surface area contributed by atoms with Gasteiger partial charge in [0.25, 0.3) is 0 Å². The van der Waals surface area contributed by atoms with Gasteiger partial charge in [0.2, 0.25) is 0 Å². The first-order chi connectivity index (χ1) is 9.32. The Labute approximate surface area is 117 Å². The molecule has 0 aromatic heterocycles. The molecular formula is C11H16N4O4S. The molecular weight excluding hydrogens is 284 g/mol. The fourth-order valence-electron chi connectivity index (χ4n) is 1.36. The Morgan fingerprint density at radius 2 is 1.95 bits per heavy atom. The minimum atomic E-state index is -4.03. The normalized spacial score (nSPS) is 10.7. The molecule has 1 amide bonds. The minimum absolute atomic E-state index is 0.0160. The van der Waals surface area contributed by atoms with Crippen LogP contribution in [0.15, 0.2) is 24.3 Å². The molecule has 1 aromatic rings. The molecule has 0 heterocycles. The molecule has 1 rings (SSSR count). The second kappa shape index (κ2) is 6.75. The molecule has 0 radical (unpaired) electrons. The maximum Gasteiger partial charge on any atom is 0.422 e. The van der Waals surface area contributed by atoms with E-state index in [-0.39, 0.29) is 24.6 Å². The van der Waals surface area contributed by atoms with E-state index in [0.29, 0.717) is 0 Å². The number of nitrogens with two attached hydrogens (primary N) is 1. The Bertz CT molecular complexity index is 583. The number of carbonyl (C=O) groups is 1. The summed E-state index contributed by atoms with van der Waals surface area (Å²) in [4.78, 5) is 11.0. The average Bonchev–Trinajstić information content (AvgIpc) is 2.30. The van der Waals surface area contributed by atoms with Crippen LogP contribution in [0.4, 0.5) is 10.5 Å². The van der Waals surface area contributed by atoms with Gasteiger partial charge in [0.05, 0.1) is 18.1 Å². The van der Waals surface area contributed by atoms with E-state index >= 15 is 0 Å². The summed E-state index contributed by atoms with van der Waals surface area (Å²) in [5, 5.41) is 7.15. The number of rotatable bonds is 6. The van der Waals surface area contributed by atoms with Crippen LogP contribution in [-0.4, -0.2) is 27.0 Å². The van der Waals surface area contributed by atoms with Crippen molar-refractivity contribution in [2.45, 2.75) is 13.3 Å². The average molecular weight is 300 g/mol. The summed E-state index contributed by atoms with van der Waals surface area (Å²) in [5.41, 5.74) is 6.31. The van der Waals surface area contributed by atoms with Crippen LogP contribution < -0.4 is 15.2 Å².